The molecule has 3 aromatic rings. The van der Waals surface area contributed by atoms with E-state index in [9.17, 15) is 0 Å². The zero-order chi connectivity index (χ0) is 18.2. The van der Waals surface area contributed by atoms with Gasteiger partial charge < -0.3 is 0 Å². The number of rotatable bonds is 10. The molecule has 0 radical (unpaired) electrons. The van der Waals surface area contributed by atoms with Crippen molar-refractivity contribution in [3.8, 4) is 0 Å². The molecular formula is C26H34. The van der Waals surface area contributed by atoms with Crippen molar-refractivity contribution in [1.82, 2.24) is 0 Å². The number of aryl methyl sites for hydroxylation is 2. The fourth-order valence-electron chi connectivity index (χ4n) is 4.04. The minimum absolute atomic E-state index is 1.24. The Morgan fingerprint density at radius 2 is 0.962 bits per heavy atom. The van der Waals surface area contributed by atoms with E-state index in [0.29, 0.717) is 0 Å². The van der Waals surface area contributed by atoms with Gasteiger partial charge in [-0.25, -0.2) is 0 Å². The first-order chi connectivity index (χ1) is 12.8. The van der Waals surface area contributed by atoms with Crippen molar-refractivity contribution in [3.05, 3.63) is 59.7 Å². The fraction of sp³-hybridized carbons (Fsp3) is 0.462. The van der Waals surface area contributed by atoms with E-state index in [-0.39, 0.29) is 0 Å². The second-order valence-electron chi connectivity index (χ2n) is 7.79. The van der Waals surface area contributed by atoms with Gasteiger partial charge in [0.1, 0.15) is 0 Å². The van der Waals surface area contributed by atoms with E-state index in [1.807, 2.05) is 0 Å². The number of fused-ring (bicyclic) bond motifs is 2. The summed E-state index contributed by atoms with van der Waals surface area (Å²) < 4.78 is 0. The summed E-state index contributed by atoms with van der Waals surface area (Å²) >= 11 is 0. The lowest BCUT2D eigenvalue weighted by atomic mass is 9.92. The summed E-state index contributed by atoms with van der Waals surface area (Å²) in [6.45, 7) is 4.58. The lowest BCUT2D eigenvalue weighted by Crippen LogP contribution is -1.96. The van der Waals surface area contributed by atoms with Gasteiger partial charge in [-0.15, -0.1) is 0 Å². The molecule has 0 saturated carbocycles. The maximum Gasteiger partial charge on any atom is -0.0175 e. The van der Waals surface area contributed by atoms with Gasteiger partial charge in [-0.2, -0.15) is 0 Å². The Bertz CT molecular complexity index is 758. The standard InChI is InChI=1S/C26H34/c1-3-5-7-9-13-21-17-25-19-23-15-11-12-16-24(23)20-26(25)18-22(21)14-10-8-6-4-2/h11-12,15-20H,3-10,13-14H2,1-2H3. The first-order valence-corrected chi connectivity index (χ1v) is 10.8. The highest BCUT2D eigenvalue weighted by Gasteiger charge is 2.07. The zero-order valence-electron chi connectivity index (χ0n) is 16.7. The van der Waals surface area contributed by atoms with E-state index in [1.165, 1.54) is 85.8 Å². The summed E-state index contributed by atoms with van der Waals surface area (Å²) in [6.07, 6.45) is 13.2. The van der Waals surface area contributed by atoms with Gasteiger partial charge in [-0.3, -0.25) is 0 Å². The van der Waals surface area contributed by atoms with E-state index in [1.54, 1.807) is 11.1 Å². The molecule has 0 heteroatoms. The second kappa shape index (κ2) is 9.76. The first kappa shape index (κ1) is 19.0. The summed E-state index contributed by atoms with van der Waals surface area (Å²) in [5.41, 5.74) is 3.20. The van der Waals surface area contributed by atoms with Crippen molar-refractivity contribution in [2.75, 3.05) is 0 Å². The van der Waals surface area contributed by atoms with Crippen LogP contribution >= 0.6 is 0 Å². The lowest BCUT2D eigenvalue weighted by Gasteiger charge is -2.13. The monoisotopic (exact) mass is 346 g/mol. The molecule has 0 atom stereocenters. The highest BCUT2D eigenvalue weighted by atomic mass is 14.1. The summed E-state index contributed by atoms with van der Waals surface area (Å²) in [4.78, 5) is 0. The smallest absolute Gasteiger partial charge is 0.0175 e. The molecular weight excluding hydrogens is 312 g/mol. The van der Waals surface area contributed by atoms with E-state index in [2.05, 4.69) is 62.4 Å². The van der Waals surface area contributed by atoms with E-state index in [0.717, 1.165) is 0 Å². The number of hydrogen-bond acceptors (Lipinski definition) is 0. The number of benzene rings is 3. The average Bonchev–Trinajstić information content (AvgIpc) is 2.67. The fourth-order valence-corrected chi connectivity index (χ4v) is 4.04. The molecule has 0 aliphatic rings. The molecule has 0 aliphatic heterocycles. The van der Waals surface area contributed by atoms with Crippen LogP contribution in [-0.2, 0) is 12.8 Å². The van der Waals surface area contributed by atoms with Gasteiger partial charge in [0.25, 0.3) is 0 Å². The van der Waals surface area contributed by atoms with Crippen LogP contribution in [0.4, 0.5) is 0 Å². The molecule has 0 unspecified atom stereocenters. The van der Waals surface area contributed by atoms with Crippen molar-refractivity contribution in [2.24, 2.45) is 0 Å². The van der Waals surface area contributed by atoms with Crippen molar-refractivity contribution in [1.29, 1.82) is 0 Å². The van der Waals surface area contributed by atoms with E-state index < -0.39 is 0 Å². The summed E-state index contributed by atoms with van der Waals surface area (Å²) in [7, 11) is 0. The van der Waals surface area contributed by atoms with Gasteiger partial charge >= 0.3 is 0 Å². The van der Waals surface area contributed by atoms with Crippen LogP contribution in [0.15, 0.2) is 48.5 Å². The molecule has 26 heavy (non-hydrogen) atoms. The van der Waals surface area contributed by atoms with Gasteiger partial charge in [0.15, 0.2) is 0 Å². The number of hydrogen-bond donors (Lipinski definition) is 0. The molecule has 0 heterocycles. The minimum atomic E-state index is 1.24. The predicted octanol–water partition coefficient (Wildman–Crippen LogP) is 8.24. The molecule has 0 spiro atoms. The maximum absolute atomic E-state index is 2.49. The topological polar surface area (TPSA) is 0 Å². The molecule has 138 valence electrons. The normalized spacial score (nSPS) is 11.5. The molecule has 0 amide bonds. The Balaban J connectivity index is 1.89. The highest BCUT2D eigenvalue weighted by molar-refractivity contribution is 5.98. The third-order valence-electron chi connectivity index (χ3n) is 5.62. The van der Waals surface area contributed by atoms with Gasteiger partial charge in [0, 0.05) is 0 Å². The van der Waals surface area contributed by atoms with E-state index >= 15 is 0 Å². The van der Waals surface area contributed by atoms with Gasteiger partial charge in [0.2, 0.25) is 0 Å². The third kappa shape index (κ3) is 4.87. The molecule has 0 aliphatic carbocycles. The SMILES string of the molecule is CCCCCCc1cc2cc3ccccc3cc2cc1CCCCCC. The van der Waals surface area contributed by atoms with Crippen LogP contribution in [0, 0.1) is 0 Å². The van der Waals surface area contributed by atoms with Crippen LogP contribution in [0.25, 0.3) is 21.5 Å². The van der Waals surface area contributed by atoms with Gasteiger partial charge in [-0.1, -0.05) is 88.8 Å². The molecule has 0 nitrogen and oxygen atoms in total. The third-order valence-corrected chi connectivity index (χ3v) is 5.62. The summed E-state index contributed by atoms with van der Waals surface area (Å²) in [6, 6.07) is 18.5. The highest BCUT2D eigenvalue weighted by Crippen LogP contribution is 2.28. The summed E-state index contributed by atoms with van der Waals surface area (Å²) in [5.74, 6) is 0. The van der Waals surface area contributed by atoms with Crippen molar-refractivity contribution >= 4 is 21.5 Å². The van der Waals surface area contributed by atoms with Crippen molar-refractivity contribution < 1.29 is 0 Å². The molecule has 0 fully saturated rings. The average molecular weight is 347 g/mol. The Morgan fingerprint density at radius 1 is 0.500 bits per heavy atom. The van der Waals surface area contributed by atoms with Crippen LogP contribution in [-0.4, -0.2) is 0 Å². The van der Waals surface area contributed by atoms with Gasteiger partial charge in [-0.05, 0) is 70.5 Å². The Hall–Kier alpha value is -1.82. The zero-order valence-corrected chi connectivity index (χ0v) is 16.7. The second-order valence-corrected chi connectivity index (χ2v) is 7.79. The van der Waals surface area contributed by atoms with E-state index in [4.69, 9.17) is 0 Å². The van der Waals surface area contributed by atoms with Crippen LogP contribution in [0.3, 0.4) is 0 Å². The lowest BCUT2D eigenvalue weighted by molar-refractivity contribution is 0.651. The predicted molar refractivity (Wildman–Crippen MR) is 117 cm³/mol. The molecule has 0 saturated heterocycles. The quantitative estimate of drug-likeness (QED) is 0.256. The van der Waals surface area contributed by atoms with Gasteiger partial charge in [0.05, 0.1) is 0 Å². The van der Waals surface area contributed by atoms with Crippen LogP contribution in [0.5, 0.6) is 0 Å². The Labute approximate surface area is 159 Å². The summed E-state index contributed by atoms with van der Waals surface area (Å²) in [5, 5.41) is 5.53. The van der Waals surface area contributed by atoms with Crippen LogP contribution in [0.1, 0.15) is 76.3 Å². The molecule has 0 aromatic heterocycles. The Kier molecular flexibility index (Phi) is 7.12. The molecule has 3 aromatic carbocycles. The van der Waals surface area contributed by atoms with Crippen LogP contribution < -0.4 is 0 Å². The largest absolute Gasteiger partial charge is 0.0654 e. The van der Waals surface area contributed by atoms with Crippen molar-refractivity contribution in [3.63, 3.8) is 0 Å². The molecule has 0 N–H and O–H groups in total. The molecule has 3 rings (SSSR count). The van der Waals surface area contributed by atoms with Crippen LogP contribution in [0.2, 0.25) is 0 Å². The minimum Gasteiger partial charge on any atom is -0.0654 e. The molecule has 0 bridgehead atoms. The Morgan fingerprint density at radius 3 is 1.38 bits per heavy atom. The maximum atomic E-state index is 2.49. The number of unbranched alkanes of at least 4 members (excludes halogenated alkanes) is 6. The van der Waals surface area contributed by atoms with Crippen molar-refractivity contribution in [2.45, 2.75) is 78.1 Å². The first-order valence-electron chi connectivity index (χ1n) is 10.8.